The van der Waals surface area contributed by atoms with Crippen LogP contribution in [0.25, 0.3) is 0 Å². The fourth-order valence-corrected chi connectivity index (χ4v) is 2.78. The summed E-state index contributed by atoms with van der Waals surface area (Å²) < 4.78 is 12.2. The highest BCUT2D eigenvalue weighted by molar-refractivity contribution is 9.09. The summed E-state index contributed by atoms with van der Waals surface area (Å²) in [7, 11) is -0.473. The molecule has 1 N–H and O–H groups in total. The lowest BCUT2D eigenvalue weighted by Gasteiger charge is -2.32. The van der Waals surface area contributed by atoms with Gasteiger partial charge >= 0.3 is 7.12 Å². The van der Waals surface area contributed by atoms with Crippen LogP contribution in [0.15, 0.2) is 24.3 Å². The van der Waals surface area contributed by atoms with Gasteiger partial charge in [0.25, 0.3) is 0 Å². The monoisotopic (exact) mass is 381 g/mol. The van der Waals surface area contributed by atoms with Crippen molar-refractivity contribution >= 4 is 40.1 Å². The number of halogens is 1. The lowest BCUT2D eigenvalue weighted by atomic mass is 9.78. The van der Waals surface area contributed by atoms with Crippen LogP contribution < -0.4 is 10.8 Å². The van der Waals surface area contributed by atoms with Gasteiger partial charge in [-0.25, -0.2) is 0 Å². The van der Waals surface area contributed by atoms with E-state index >= 15 is 0 Å². The molecule has 23 heavy (non-hydrogen) atoms. The van der Waals surface area contributed by atoms with Crippen LogP contribution >= 0.6 is 15.9 Å². The fourth-order valence-electron chi connectivity index (χ4n) is 2.38. The molecule has 4 nitrogen and oxygen atoms in total. The molecule has 1 aliphatic heterocycles. The maximum atomic E-state index is 12.1. The van der Waals surface area contributed by atoms with Crippen molar-refractivity contribution in [3.63, 3.8) is 0 Å². The lowest BCUT2D eigenvalue weighted by molar-refractivity contribution is -0.116. The third-order valence-corrected chi connectivity index (χ3v) is 5.09. The molecule has 1 amide bonds. The van der Waals surface area contributed by atoms with Crippen LogP contribution in [0.5, 0.6) is 0 Å². The summed E-state index contributed by atoms with van der Waals surface area (Å²) in [5.41, 5.74) is 0.824. The minimum atomic E-state index is -0.473. The molecule has 6 heteroatoms. The minimum Gasteiger partial charge on any atom is -0.399 e. The van der Waals surface area contributed by atoms with E-state index < -0.39 is 18.3 Å². The van der Waals surface area contributed by atoms with Gasteiger partial charge in [-0.15, -0.1) is 0 Å². The zero-order valence-corrected chi connectivity index (χ0v) is 15.9. The lowest BCUT2D eigenvalue weighted by Crippen LogP contribution is -2.41. The Balaban J connectivity index is 2.11. The first-order valence-corrected chi connectivity index (χ1v) is 9.19. The molecule has 2 rings (SSSR count). The Kier molecular flexibility index (Phi) is 5.92. The van der Waals surface area contributed by atoms with Gasteiger partial charge in [0, 0.05) is 22.9 Å². The highest BCUT2D eigenvalue weighted by Crippen LogP contribution is 2.36. The van der Waals surface area contributed by atoms with Crippen LogP contribution in [0.2, 0.25) is 0 Å². The SMILES string of the molecule is CC1(C)OB(c2ccccc2NC(=O)CCCCBr)OC1(C)C. The maximum absolute atomic E-state index is 12.1. The van der Waals surface area contributed by atoms with Gasteiger partial charge in [0.15, 0.2) is 0 Å². The summed E-state index contributed by atoms with van der Waals surface area (Å²) in [6.07, 6.45) is 2.38. The number of unbranched alkanes of at least 4 members (excludes halogenated alkanes) is 1. The van der Waals surface area contributed by atoms with Crippen LogP contribution in [-0.2, 0) is 14.1 Å². The zero-order chi connectivity index (χ0) is 17.1. The first-order chi connectivity index (χ1) is 10.8. The average Bonchev–Trinajstić information content (AvgIpc) is 2.68. The van der Waals surface area contributed by atoms with Gasteiger partial charge in [0.2, 0.25) is 5.91 Å². The maximum Gasteiger partial charge on any atom is 0.496 e. The Morgan fingerprint density at radius 2 is 1.74 bits per heavy atom. The second-order valence-corrected chi connectivity index (χ2v) is 7.66. The number of carbonyl (C=O) groups is 1. The van der Waals surface area contributed by atoms with E-state index in [1.54, 1.807) is 0 Å². The molecule has 1 aromatic carbocycles. The third-order valence-electron chi connectivity index (χ3n) is 4.53. The van der Waals surface area contributed by atoms with E-state index in [1.807, 2.05) is 52.0 Å². The normalized spacial score (nSPS) is 18.9. The summed E-state index contributed by atoms with van der Waals surface area (Å²) in [6, 6.07) is 7.67. The fraction of sp³-hybridized carbons (Fsp3) is 0.588. The number of rotatable bonds is 6. The van der Waals surface area contributed by atoms with E-state index in [4.69, 9.17) is 9.31 Å². The van der Waals surface area contributed by atoms with Crippen molar-refractivity contribution in [1.29, 1.82) is 0 Å². The van der Waals surface area contributed by atoms with E-state index in [1.165, 1.54) is 0 Å². The van der Waals surface area contributed by atoms with Gasteiger partial charge < -0.3 is 14.6 Å². The highest BCUT2D eigenvalue weighted by Gasteiger charge is 2.52. The molecular formula is C17H25BBrNO3. The molecular weight excluding hydrogens is 357 g/mol. The largest absolute Gasteiger partial charge is 0.496 e. The van der Waals surface area contributed by atoms with Crippen molar-refractivity contribution in [2.45, 2.75) is 58.2 Å². The molecule has 0 atom stereocenters. The van der Waals surface area contributed by atoms with Crippen molar-refractivity contribution in [3.05, 3.63) is 24.3 Å². The molecule has 1 heterocycles. The average molecular weight is 382 g/mol. The topological polar surface area (TPSA) is 47.6 Å². The third kappa shape index (κ3) is 4.37. The van der Waals surface area contributed by atoms with E-state index in [0.717, 1.165) is 29.3 Å². The van der Waals surface area contributed by atoms with Gasteiger partial charge in [-0.05, 0) is 46.6 Å². The Morgan fingerprint density at radius 3 is 2.35 bits per heavy atom. The minimum absolute atomic E-state index is 0.0231. The number of carbonyl (C=O) groups excluding carboxylic acids is 1. The van der Waals surface area contributed by atoms with Gasteiger partial charge in [0.05, 0.1) is 11.2 Å². The van der Waals surface area contributed by atoms with Crippen molar-refractivity contribution in [2.24, 2.45) is 0 Å². The van der Waals surface area contributed by atoms with Gasteiger partial charge in [-0.3, -0.25) is 4.79 Å². The molecule has 0 bridgehead atoms. The number of hydrogen-bond donors (Lipinski definition) is 1. The van der Waals surface area contributed by atoms with Crippen LogP contribution in [0.1, 0.15) is 47.0 Å². The van der Waals surface area contributed by atoms with E-state index in [9.17, 15) is 4.79 Å². The molecule has 1 fully saturated rings. The highest BCUT2D eigenvalue weighted by atomic mass is 79.9. The number of nitrogens with one attached hydrogen (secondary N) is 1. The van der Waals surface area contributed by atoms with Crippen LogP contribution in [-0.4, -0.2) is 29.6 Å². The summed E-state index contributed by atoms with van der Waals surface area (Å²) in [5.74, 6) is 0.0231. The van der Waals surface area contributed by atoms with Gasteiger partial charge in [-0.1, -0.05) is 34.1 Å². The number of hydrogen-bond acceptors (Lipinski definition) is 3. The number of anilines is 1. The number of amides is 1. The molecule has 0 spiro atoms. The first-order valence-electron chi connectivity index (χ1n) is 8.07. The van der Waals surface area contributed by atoms with Crippen molar-refractivity contribution < 1.29 is 14.1 Å². The van der Waals surface area contributed by atoms with Crippen molar-refractivity contribution in [2.75, 3.05) is 10.6 Å². The van der Waals surface area contributed by atoms with Crippen LogP contribution in [0, 0.1) is 0 Å². The Morgan fingerprint density at radius 1 is 1.13 bits per heavy atom. The summed E-state index contributed by atoms with van der Waals surface area (Å²) in [6.45, 7) is 8.09. The molecule has 1 aromatic rings. The van der Waals surface area contributed by atoms with Crippen molar-refractivity contribution in [1.82, 2.24) is 0 Å². The molecule has 1 saturated heterocycles. The molecule has 0 unspecified atom stereocenters. The van der Waals surface area contributed by atoms with Crippen LogP contribution in [0.3, 0.4) is 0 Å². The molecule has 0 aromatic heterocycles. The molecule has 0 radical (unpaired) electrons. The zero-order valence-electron chi connectivity index (χ0n) is 14.3. The summed E-state index contributed by atoms with van der Waals surface area (Å²) >= 11 is 3.38. The second-order valence-electron chi connectivity index (χ2n) is 6.87. The van der Waals surface area contributed by atoms with Gasteiger partial charge in [-0.2, -0.15) is 0 Å². The Labute approximate surface area is 147 Å². The van der Waals surface area contributed by atoms with E-state index in [2.05, 4.69) is 21.2 Å². The smallest absolute Gasteiger partial charge is 0.399 e. The second kappa shape index (κ2) is 7.37. The summed E-state index contributed by atoms with van der Waals surface area (Å²) in [5, 5.41) is 3.91. The number of para-hydroxylation sites is 1. The quantitative estimate of drug-likeness (QED) is 0.466. The first kappa shape index (κ1) is 18.5. The molecule has 1 aliphatic rings. The Hall–Kier alpha value is -0.845. The standard InChI is InChI=1S/C17H25BBrNO3/c1-16(2)17(3,4)23-18(22-16)13-9-5-6-10-14(13)20-15(21)11-7-8-12-19/h5-6,9-10H,7-8,11-12H2,1-4H3,(H,20,21). The van der Waals surface area contributed by atoms with Crippen molar-refractivity contribution in [3.8, 4) is 0 Å². The molecule has 126 valence electrons. The molecule has 0 saturated carbocycles. The summed E-state index contributed by atoms with van der Waals surface area (Å²) in [4.78, 5) is 12.1. The van der Waals surface area contributed by atoms with E-state index in [-0.39, 0.29) is 5.91 Å². The predicted octanol–water partition coefficient (Wildman–Crippen LogP) is 3.49. The Bertz CT molecular complexity index is 547. The molecule has 0 aliphatic carbocycles. The number of alkyl halides is 1. The van der Waals surface area contributed by atoms with E-state index in [0.29, 0.717) is 6.42 Å². The number of benzene rings is 1. The van der Waals surface area contributed by atoms with Crippen LogP contribution in [0.4, 0.5) is 5.69 Å². The van der Waals surface area contributed by atoms with Gasteiger partial charge in [0.1, 0.15) is 0 Å². The predicted molar refractivity (Wildman–Crippen MR) is 98.4 cm³/mol.